The largest absolute Gasteiger partial charge is 0.449 e. The monoisotopic (exact) mass is 394 g/mol. The van der Waals surface area contributed by atoms with E-state index in [4.69, 9.17) is 0 Å². The standard InChI is InChI=1S/C19H21F3N4O2/c1-3-23-16(27)12-5-4-11(2)15(9-12)25-17(28)13-6-7-26-14(8-13)10-24-18(26)19(20,21)22/h4-5,9-10,13H,3,6-8H2,1-2H3,(H,23,27)(H,25,28). The smallest absolute Gasteiger partial charge is 0.352 e. The lowest BCUT2D eigenvalue weighted by Gasteiger charge is -2.25. The molecule has 150 valence electrons. The van der Waals surface area contributed by atoms with E-state index in [9.17, 15) is 22.8 Å². The van der Waals surface area contributed by atoms with Gasteiger partial charge in [0.05, 0.1) is 0 Å². The van der Waals surface area contributed by atoms with Gasteiger partial charge in [-0.3, -0.25) is 9.59 Å². The van der Waals surface area contributed by atoms with Crippen molar-refractivity contribution in [2.45, 2.75) is 39.4 Å². The molecule has 1 aliphatic rings. The van der Waals surface area contributed by atoms with E-state index in [1.807, 2.05) is 13.8 Å². The number of nitrogens with zero attached hydrogens (tertiary/aromatic N) is 2. The predicted molar refractivity (Wildman–Crippen MR) is 96.9 cm³/mol. The summed E-state index contributed by atoms with van der Waals surface area (Å²) in [6.07, 6.45) is -2.86. The Balaban J connectivity index is 1.73. The average Bonchev–Trinajstić information content (AvgIpc) is 3.07. The van der Waals surface area contributed by atoms with E-state index in [0.717, 1.165) is 10.1 Å². The molecule has 6 nitrogen and oxygen atoms in total. The highest BCUT2D eigenvalue weighted by Crippen LogP contribution is 2.32. The maximum atomic E-state index is 13.0. The molecule has 2 N–H and O–H groups in total. The van der Waals surface area contributed by atoms with Crippen LogP contribution in [-0.4, -0.2) is 27.9 Å². The molecule has 1 aromatic heterocycles. The minimum atomic E-state index is -4.51. The van der Waals surface area contributed by atoms with Crippen LogP contribution < -0.4 is 10.6 Å². The average molecular weight is 394 g/mol. The Morgan fingerprint density at radius 2 is 2.07 bits per heavy atom. The number of halogens is 3. The van der Waals surface area contributed by atoms with Crippen LogP contribution in [-0.2, 0) is 23.9 Å². The number of anilines is 1. The number of fused-ring (bicyclic) bond motifs is 1. The molecule has 1 atom stereocenters. The Bertz CT molecular complexity index is 905. The zero-order valence-electron chi connectivity index (χ0n) is 15.6. The summed E-state index contributed by atoms with van der Waals surface area (Å²) in [6.45, 7) is 4.19. The third-order valence-corrected chi connectivity index (χ3v) is 4.81. The number of alkyl halides is 3. The van der Waals surface area contributed by atoms with Crippen molar-refractivity contribution in [2.24, 2.45) is 5.92 Å². The van der Waals surface area contributed by atoms with E-state index in [1.54, 1.807) is 18.2 Å². The van der Waals surface area contributed by atoms with Crippen LogP contribution in [0.3, 0.4) is 0 Å². The van der Waals surface area contributed by atoms with Gasteiger partial charge in [0.15, 0.2) is 0 Å². The Labute approximate surface area is 160 Å². The van der Waals surface area contributed by atoms with Crippen molar-refractivity contribution >= 4 is 17.5 Å². The molecule has 2 heterocycles. The van der Waals surface area contributed by atoms with Crippen LogP contribution in [0.15, 0.2) is 24.4 Å². The third kappa shape index (κ3) is 4.02. The first-order valence-electron chi connectivity index (χ1n) is 9.02. The zero-order valence-corrected chi connectivity index (χ0v) is 15.6. The minimum Gasteiger partial charge on any atom is -0.352 e. The summed E-state index contributed by atoms with van der Waals surface area (Å²) in [6, 6.07) is 5.02. The maximum absolute atomic E-state index is 13.0. The molecule has 0 fully saturated rings. The quantitative estimate of drug-likeness (QED) is 0.837. The molecule has 2 aromatic rings. The van der Waals surface area contributed by atoms with Gasteiger partial charge >= 0.3 is 6.18 Å². The Kier molecular flexibility index (Phi) is 5.44. The van der Waals surface area contributed by atoms with E-state index in [0.29, 0.717) is 23.5 Å². The molecular weight excluding hydrogens is 373 g/mol. The molecule has 0 saturated heterocycles. The van der Waals surface area contributed by atoms with Gasteiger partial charge in [-0.05, 0) is 38.0 Å². The summed E-state index contributed by atoms with van der Waals surface area (Å²) in [4.78, 5) is 28.1. The number of amides is 2. The van der Waals surface area contributed by atoms with E-state index in [-0.39, 0.29) is 31.2 Å². The number of hydrogen-bond acceptors (Lipinski definition) is 3. The molecular formula is C19H21F3N4O2. The number of carbonyl (C=O) groups is 2. The fraction of sp³-hybridized carbons (Fsp3) is 0.421. The van der Waals surface area contributed by atoms with Gasteiger partial charge in [0.25, 0.3) is 5.91 Å². The topological polar surface area (TPSA) is 76.0 Å². The summed E-state index contributed by atoms with van der Waals surface area (Å²) >= 11 is 0. The second-order valence-corrected chi connectivity index (χ2v) is 6.79. The Hall–Kier alpha value is -2.84. The van der Waals surface area contributed by atoms with Crippen molar-refractivity contribution in [1.29, 1.82) is 0 Å². The fourth-order valence-electron chi connectivity index (χ4n) is 3.31. The normalized spacial score (nSPS) is 16.4. The van der Waals surface area contributed by atoms with Crippen LogP contribution in [0.2, 0.25) is 0 Å². The molecule has 2 amide bonds. The molecule has 28 heavy (non-hydrogen) atoms. The highest BCUT2D eigenvalue weighted by Gasteiger charge is 2.39. The molecule has 1 aliphatic heterocycles. The zero-order chi connectivity index (χ0) is 20.5. The Morgan fingerprint density at radius 1 is 1.32 bits per heavy atom. The first-order valence-corrected chi connectivity index (χ1v) is 9.02. The molecule has 0 spiro atoms. The van der Waals surface area contributed by atoms with Crippen molar-refractivity contribution in [3.8, 4) is 0 Å². The van der Waals surface area contributed by atoms with Crippen molar-refractivity contribution < 1.29 is 22.8 Å². The number of benzene rings is 1. The van der Waals surface area contributed by atoms with Gasteiger partial charge in [-0.15, -0.1) is 0 Å². The van der Waals surface area contributed by atoms with E-state index in [1.165, 1.54) is 6.20 Å². The van der Waals surface area contributed by atoms with Gasteiger partial charge in [0, 0.05) is 48.6 Å². The first-order chi connectivity index (χ1) is 13.2. The van der Waals surface area contributed by atoms with Crippen LogP contribution in [0.25, 0.3) is 0 Å². The number of hydrogen-bond donors (Lipinski definition) is 2. The summed E-state index contributed by atoms with van der Waals surface area (Å²) in [5.41, 5.74) is 2.14. The number of carbonyl (C=O) groups excluding carboxylic acids is 2. The van der Waals surface area contributed by atoms with Gasteiger partial charge in [0.2, 0.25) is 11.7 Å². The number of rotatable bonds is 4. The fourth-order valence-corrected chi connectivity index (χ4v) is 3.31. The highest BCUT2D eigenvalue weighted by molar-refractivity contribution is 5.98. The number of aromatic nitrogens is 2. The first kappa shape index (κ1) is 19.9. The van der Waals surface area contributed by atoms with Gasteiger partial charge in [-0.1, -0.05) is 6.07 Å². The summed E-state index contributed by atoms with van der Waals surface area (Å²) in [5.74, 6) is -1.90. The van der Waals surface area contributed by atoms with Crippen LogP contribution in [0.4, 0.5) is 18.9 Å². The lowest BCUT2D eigenvalue weighted by atomic mass is 9.95. The molecule has 9 heteroatoms. The lowest BCUT2D eigenvalue weighted by molar-refractivity contribution is -0.147. The van der Waals surface area contributed by atoms with Crippen LogP contribution >= 0.6 is 0 Å². The van der Waals surface area contributed by atoms with Crippen molar-refractivity contribution in [2.75, 3.05) is 11.9 Å². The van der Waals surface area contributed by atoms with Crippen molar-refractivity contribution in [1.82, 2.24) is 14.9 Å². The van der Waals surface area contributed by atoms with Crippen LogP contribution in [0.5, 0.6) is 0 Å². The van der Waals surface area contributed by atoms with Gasteiger partial charge < -0.3 is 15.2 Å². The second-order valence-electron chi connectivity index (χ2n) is 6.79. The van der Waals surface area contributed by atoms with Crippen LogP contribution in [0, 0.1) is 12.8 Å². The molecule has 0 bridgehead atoms. The Morgan fingerprint density at radius 3 is 2.75 bits per heavy atom. The summed E-state index contributed by atoms with van der Waals surface area (Å²) in [5, 5.41) is 5.51. The number of imidazole rings is 1. The number of nitrogens with one attached hydrogen (secondary N) is 2. The van der Waals surface area contributed by atoms with E-state index in [2.05, 4.69) is 15.6 Å². The minimum absolute atomic E-state index is 0.0835. The summed E-state index contributed by atoms with van der Waals surface area (Å²) < 4.78 is 40.0. The van der Waals surface area contributed by atoms with Crippen LogP contribution in [0.1, 0.15) is 40.8 Å². The number of aryl methyl sites for hydroxylation is 1. The van der Waals surface area contributed by atoms with Gasteiger partial charge in [0.1, 0.15) is 0 Å². The SMILES string of the molecule is CCNC(=O)c1ccc(C)c(NC(=O)C2CCn3c(cnc3C(F)(F)F)C2)c1. The third-order valence-electron chi connectivity index (χ3n) is 4.81. The highest BCUT2D eigenvalue weighted by atomic mass is 19.4. The molecule has 3 rings (SSSR count). The molecule has 0 aliphatic carbocycles. The van der Waals surface area contributed by atoms with Gasteiger partial charge in [-0.25, -0.2) is 4.98 Å². The molecule has 1 unspecified atom stereocenters. The summed E-state index contributed by atoms with van der Waals surface area (Å²) in [7, 11) is 0. The second kappa shape index (κ2) is 7.65. The lowest BCUT2D eigenvalue weighted by Crippen LogP contribution is -2.31. The van der Waals surface area contributed by atoms with E-state index >= 15 is 0 Å². The van der Waals surface area contributed by atoms with Crippen molar-refractivity contribution in [3.05, 3.63) is 47.0 Å². The molecule has 1 aromatic carbocycles. The maximum Gasteiger partial charge on any atom is 0.449 e. The van der Waals surface area contributed by atoms with E-state index < -0.39 is 17.9 Å². The van der Waals surface area contributed by atoms with Gasteiger partial charge in [-0.2, -0.15) is 13.2 Å². The predicted octanol–water partition coefficient (Wildman–Crippen LogP) is 3.16. The molecule has 0 saturated carbocycles. The van der Waals surface area contributed by atoms with Crippen molar-refractivity contribution in [3.63, 3.8) is 0 Å². The molecule has 0 radical (unpaired) electrons.